The van der Waals surface area contributed by atoms with Crippen LogP contribution in [-0.2, 0) is 19.6 Å². The second-order valence-electron chi connectivity index (χ2n) is 8.82. The molecule has 8 nitrogen and oxygen atoms in total. The van der Waals surface area contributed by atoms with Crippen molar-refractivity contribution in [2.24, 2.45) is 0 Å². The van der Waals surface area contributed by atoms with Gasteiger partial charge >= 0.3 is 0 Å². The molecule has 3 aromatic heterocycles. The summed E-state index contributed by atoms with van der Waals surface area (Å²) in [5.74, 6) is 0.166. The zero-order valence-electron chi connectivity index (χ0n) is 19.4. The predicted molar refractivity (Wildman–Crippen MR) is 132 cm³/mol. The fraction of sp³-hybridized carbons (Fsp3) is 0.269. The van der Waals surface area contributed by atoms with Gasteiger partial charge in [0.2, 0.25) is 0 Å². The fourth-order valence-corrected chi connectivity index (χ4v) is 5.17. The van der Waals surface area contributed by atoms with Gasteiger partial charge in [0.1, 0.15) is 17.6 Å². The number of hydrogen-bond donors (Lipinski definition) is 1. The zero-order chi connectivity index (χ0) is 24.1. The number of carbonyl (C=O) groups excluding carboxylic acids is 1. The summed E-state index contributed by atoms with van der Waals surface area (Å²) in [6, 6.07) is 11.1. The normalized spacial score (nSPS) is 13.3. The number of fused-ring (bicyclic) bond motifs is 1. The fourth-order valence-electron chi connectivity index (χ4n) is 5.17. The van der Waals surface area contributed by atoms with E-state index in [-0.39, 0.29) is 12.2 Å². The lowest BCUT2D eigenvalue weighted by Gasteiger charge is -2.30. The third-order valence-electron chi connectivity index (χ3n) is 6.74. The first kappa shape index (κ1) is 21.5. The highest BCUT2D eigenvalue weighted by Gasteiger charge is 2.26. The molecule has 0 saturated carbocycles. The van der Waals surface area contributed by atoms with E-state index in [1.807, 2.05) is 28.4 Å². The minimum absolute atomic E-state index is 0.0868. The summed E-state index contributed by atoms with van der Waals surface area (Å²) in [4.78, 5) is 18.4. The van der Waals surface area contributed by atoms with E-state index in [4.69, 9.17) is 4.98 Å². The monoisotopic (exact) mass is 472 g/mol. The quantitative estimate of drug-likeness (QED) is 0.366. The number of benzene rings is 2. The lowest BCUT2D eigenvalue weighted by Crippen LogP contribution is -2.33. The third kappa shape index (κ3) is 3.42. The van der Waals surface area contributed by atoms with Crippen molar-refractivity contribution in [2.45, 2.75) is 26.6 Å². The number of aromatic nitrogens is 5. The van der Waals surface area contributed by atoms with Gasteiger partial charge in [0.25, 0.3) is 0 Å². The van der Waals surface area contributed by atoms with Crippen LogP contribution in [0, 0.1) is 5.82 Å². The van der Waals surface area contributed by atoms with E-state index >= 15 is 4.39 Å². The van der Waals surface area contributed by atoms with Gasteiger partial charge in [-0.25, -0.2) is 9.37 Å². The molecule has 35 heavy (non-hydrogen) atoms. The van der Waals surface area contributed by atoms with Crippen LogP contribution in [0.15, 0.2) is 48.8 Å². The van der Waals surface area contributed by atoms with Gasteiger partial charge in [0, 0.05) is 48.9 Å². The van der Waals surface area contributed by atoms with Crippen LogP contribution in [0.25, 0.3) is 33.5 Å². The molecule has 0 radical (unpaired) electrons. The lowest BCUT2D eigenvalue weighted by molar-refractivity contribution is 0.112. The Hall–Kier alpha value is -3.98. The SMILES string of the molecule is CCn1cc(Cn2c(-c3cc4cccc5c4n3CCN5CCO)nc3cc(C=O)cc(F)c32)cn1. The summed E-state index contributed by atoms with van der Waals surface area (Å²) in [7, 11) is 0. The van der Waals surface area contributed by atoms with Crippen LogP contribution in [0.5, 0.6) is 0 Å². The number of aryl methyl sites for hydroxylation is 1. The van der Waals surface area contributed by atoms with Crippen LogP contribution in [0.2, 0.25) is 0 Å². The van der Waals surface area contributed by atoms with E-state index < -0.39 is 5.82 Å². The zero-order valence-corrected chi connectivity index (χ0v) is 19.4. The van der Waals surface area contributed by atoms with Crippen molar-refractivity contribution in [3.05, 3.63) is 65.7 Å². The largest absolute Gasteiger partial charge is 0.395 e. The van der Waals surface area contributed by atoms with E-state index in [9.17, 15) is 9.90 Å². The minimum atomic E-state index is -0.476. The van der Waals surface area contributed by atoms with Gasteiger partial charge in [-0.15, -0.1) is 0 Å². The molecule has 1 N–H and O–H groups in total. The second-order valence-corrected chi connectivity index (χ2v) is 8.82. The Morgan fingerprint density at radius 1 is 1.17 bits per heavy atom. The van der Waals surface area contributed by atoms with Gasteiger partial charge in [-0.2, -0.15) is 5.10 Å². The number of aliphatic hydroxyl groups excluding tert-OH is 1. The molecule has 4 heterocycles. The molecule has 6 rings (SSSR count). The Bertz CT molecular complexity index is 1580. The number of rotatable bonds is 7. The molecule has 0 fully saturated rings. The minimum Gasteiger partial charge on any atom is -0.395 e. The summed E-state index contributed by atoms with van der Waals surface area (Å²) >= 11 is 0. The van der Waals surface area contributed by atoms with Crippen LogP contribution >= 0.6 is 0 Å². The number of nitrogens with zero attached hydrogens (tertiary/aromatic N) is 6. The van der Waals surface area contributed by atoms with Crippen molar-refractivity contribution >= 4 is 33.9 Å². The van der Waals surface area contributed by atoms with E-state index in [1.54, 1.807) is 12.3 Å². The third-order valence-corrected chi connectivity index (χ3v) is 6.74. The molecule has 0 atom stereocenters. The molecule has 2 aromatic carbocycles. The van der Waals surface area contributed by atoms with Gasteiger partial charge in [-0.3, -0.25) is 9.48 Å². The van der Waals surface area contributed by atoms with Crippen LogP contribution in [0.3, 0.4) is 0 Å². The molecule has 0 saturated heterocycles. The Morgan fingerprint density at radius 3 is 2.83 bits per heavy atom. The summed E-state index contributed by atoms with van der Waals surface area (Å²) in [5, 5.41) is 15.0. The van der Waals surface area contributed by atoms with Gasteiger partial charge in [0.05, 0.1) is 41.8 Å². The number of hydrogen-bond acceptors (Lipinski definition) is 5. The Labute approximate surface area is 200 Å². The molecule has 5 aromatic rings. The van der Waals surface area contributed by atoms with Crippen molar-refractivity contribution in [1.82, 2.24) is 23.9 Å². The number of β-amino-alcohol motifs (C(OH)–C–C–N with tert-alkyl or cyclic N) is 1. The molecule has 0 spiro atoms. The van der Waals surface area contributed by atoms with Crippen LogP contribution in [0.1, 0.15) is 22.8 Å². The van der Waals surface area contributed by atoms with Crippen LogP contribution < -0.4 is 4.90 Å². The molecule has 9 heteroatoms. The summed E-state index contributed by atoms with van der Waals surface area (Å²) < 4.78 is 21.3. The molecule has 0 bridgehead atoms. The van der Waals surface area contributed by atoms with Crippen molar-refractivity contribution in [3.8, 4) is 11.5 Å². The molecular formula is C26H25FN6O2. The summed E-state index contributed by atoms with van der Waals surface area (Å²) in [5.41, 5.74) is 5.04. The lowest BCUT2D eigenvalue weighted by atomic mass is 10.2. The number of aldehydes is 1. The molecule has 1 aliphatic rings. The van der Waals surface area contributed by atoms with E-state index in [2.05, 4.69) is 32.8 Å². The number of halogens is 1. The maximum atomic E-state index is 15.3. The van der Waals surface area contributed by atoms with Crippen LogP contribution in [0.4, 0.5) is 10.1 Å². The van der Waals surface area contributed by atoms with E-state index in [0.717, 1.165) is 47.5 Å². The van der Waals surface area contributed by atoms with Gasteiger partial charge in [0.15, 0.2) is 5.82 Å². The van der Waals surface area contributed by atoms with Gasteiger partial charge in [-0.05, 0) is 31.2 Å². The first-order valence-corrected chi connectivity index (χ1v) is 11.8. The highest BCUT2D eigenvalue weighted by molar-refractivity contribution is 5.97. The average molecular weight is 473 g/mol. The van der Waals surface area contributed by atoms with Crippen molar-refractivity contribution in [3.63, 3.8) is 0 Å². The summed E-state index contributed by atoms with van der Waals surface area (Å²) in [6.45, 7) is 5.29. The van der Waals surface area contributed by atoms with Gasteiger partial charge < -0.3 is 19.1 Å². The smallest absolute Gasteiger partial charge is 0.158 e. The molecule has 0 aliphatic carbocycles. The van der Waals surface area contributed by atoms with E-state index in [0.29, 0.717) is 36.2 Å². The highest BCUT2D eigenvalue weighted by atomic mass is 19.1. The predicted octanol–water partition coefficient (Wildman–Crippen LogP) is 3.69. The average Bonchev–Trinajstić information content (AvgIpc) is 3.57. The Kier molecular flexibility index (Phi) is 5.14. The maximum absolute atomic E-state index is 15.3. The standard InChI is InChI=1S/C26H25FN6O2/c1-2-31-14-18(13-28-31)15-33-25-20(27)10-17(16-35)11-21(25)29-26(33)23-12-19-4-3-5-22-24(19)32(23)7-6-30(22)8-9-34/h3-5,10-14,16,34H,2,6-9,15H2,1H3. The Balaban J connectivity index is 1.59. The number of carbonyl (C=O) groups is 1. The number of para-hydroxylation sites is 1. The van der Waals surface area contributed by atoms with E-state index in [1.165, 1.54) is 6.07 Å². The maximum Gasteiger partial charge on any atom is 0.158 e. The summed E-state index contributed by atoms with van der Waals surface area (Å²) in [6.07, 6.45) is 4.39. The van der Waals surface area contributed by atoms with Crippen molar-refractivity contribution < 1.29 is 14.3 Å². The Morgan fingerprint density at radius 2 is 2.06 bits per heavy atom. The molecule has 0 amide bonds. The number of anilines is 1. The number of aliphatic hydroxyl groups is 1. The topological polar surface area (TPSA) is 81.1 Å². The molecule has 1 aliphatic heterocycles. The van der Waals surface area contributed by atoms with Crippen LogP contribution in [-0.4, -0.2) is 55.0 Å². The molecular weight excluding hydrogens is 447 g/mol. The van der Waals surface area contributed by atoms with Crippen molar-refractivity contribution in [2.75, 3.05) is 24.6 Å². The first-order valence-electron chi connectivity index (χ1n) is 11.8. The molecule has 0 unspecified atom stereocenters. The van der Waals surface area contributed by atoms with Gasteiger partial charge in [-0.1, -0.05) is 12.1 Å². The highest BCUT2D eigenvalue weighted by Crippen LogP contribution is 2.38. The second kappa shape index (κ2) is 8.35. The van der Waals surface area contributed by atoms with Crippen molar-refractivity contribution in [1.29, 1.82) is 0 Å². The first-order chi connectivity index (χ1) is 17.1. The number of imidazole rings is 1. The molecule has 178 valence electrons.